The Kier molecular flexibility index (Phi) is 4.62. The highest BCUT2D eigenvalue weighted by molar-refractivity contribution is 5.89. The molecule has 2 rings (SSSR count). The molecule has 1 unspecified atom stereocenters. The number of hydrogen-bond donors (Lipinski definition) is 3. The molecular formula is C14H18F2N2O3. The fraction of sp³-hybridized carbons (Fsp3) is 0.500. The van der Waals surface area contributed by atoms with Crippen LogP contribution in [0.1, 0.15) is 19.8 Å². The lowest BCUT2D eigenvalue weighted by molar-refractivity contribution is -0.0498. The highest BCUT2D eigenvalue weighted by Gasteiger charge is 2.42. The summed E-state index contributed by atoms with van der Waals surface area (Å²) in [7, 11) is 0. The van der Waals surface area contributed by atoms with Crippen LogP contribution in [0, 0.1) is 5.92 Å². The first-order valence-electron chi connectivity index (χ1n) is 6.68. The number of halogens is 2. The van der Waals surface area contributed by atoms with E-state index in [0.29, 0.717) is 5.69 Å². The van der Waals surface area contributed by atoms with Crippen LogP contribution in [0.2, 0.25) is 0 Å². The topological polar surface area (TPSA) is 70.6 Å². The molecule has 3 N–H and O–H groups in total. The van der Waals surface area contributed by atoms with Gasteiger partial charge in [0.2, 0.25) is 0 Å². The molecule has 0 heterocycles. The van der Waals surface area contributed by atoms with Crippen molar-refractivity contribution in [2.24, 2.45) is 5.92 Å². The van der Waals surface area contributed by atoms with Crippen molar-refractivity contribution in [3.63, 3.8) is 0 Å². The number of alkyl halides is 2. The summed E-state index contributed by atoms with van der Waals surface area (Å²) in [6.45, 7) is -1.22. The second-order valence-corrected chi connectivity index (χ2v) is 5.33. The Bertz CT molecular complexity index is 491. The molecule has 2 amide bonds. The van der Waals surface area contributed by atoms with Crippen LogP contribution >= 0.6 is 0 Å². The molecule has 7 heteroatoms. The Hall–Kier alpha value is -1.89. The predicted octanol–water partition coefficient (Wildman–Crippen LogP) is 2.57. The number of ether oxygens (including phenoxy) is 1. The lowest BCUT2D eigenvalue weighted by Crippen LogP contribution is -2.52. The maximum atomic E-state index is 12.0. The Morgan fingerprint density at radius 1 is 1.43 bits per heavy atom. The first kappa shape index (κ1) is 15.5. The molecule has 1 fully saturated rings. The van der Waals surface area contributed by atoms with Gasteiger partial charge in [-0.15, -0.1) is 0 Å². The number of nitrogens with one attached hydrogen (secondary N) is 2. The van der Waals surface area contributed by atoms with Gasteiger partial charge in [0.25, 0.3) is 0 Å². The van der Waals surface area contributed by atoms with E-state index >= 15 is 0 Å². The molecule has 1 aromatic carbocycles. The zero-order valence-corrected chi connectivity index (χ0v) is 11.6. The van der Waals surface area contributed by atoms with E-state index in [1.54, 1.807) is 6.92 Å². The van der Waals surface area contributed by atoms with Gasteiger partial charge in [-0.3, -0.25) is 0 Å². The van der Waals surface area contributed by atoms with Gasteiger partial charge in [-0.2, -0.15) is 8.78 Å². The first-order valence-corrected chi connectivity index (χ1v) is 6.68. The zero-order chi connectivity index (χ0) is 15.5. The summed E-state index contributed by atoms with van der Waals surface area (Å²) in [5, 5.41) is 14.7. The quantitative estimate of drug-likeness (QED) is 0.756. The van der Waals surface area contributed by atoms with E-state index in [2.05, 4.69) is 15.4 Å². The number of carbonyl (C=O) groups excluding carboxylic acids is 1. The second-order valence-electron chi connectivity index (χ2n) is 5.33. The Labute approximate surface area is 121 Å². The fourth-order valence-corrected chi connectivity index (χ4v) is 2.13. The first-order chi connectivity index (χ1) is 9.93. The summed E-state index contributed by atoms with van der Waals surface area (Å²) >= 11 is 0. The van der Waals surface area contributed by atoms with Gasteiger partial charge in [-0.1, -0.05) is 0 Å². The van der Waals surface area contributed by atoms with E-state index in [0.717, 1.165) is 12.8 Å². The predicted molar refractivity (Wildman–Crippen MR) is 73.4 cm³/mol. The van der Waals surface area contributed by atoms with E-state index in [1.807, 2.05) is 0 Å². The largest absolute Gasteiger partial charge is 0.435 e. The smallest absolute Gasteiger partial charge is 0.387 e. The lowest BCUT2D eigenvalue weighted by atomic mass is 9.97. The summed E-state index contributed by atoms with van der Waals surface area (Å²) in [5.74, 6) is 0.309. The number of carbonyl (C=O) groups is 1. The Morgan fingerprint density at radius 3 is 2.52 bits per heavy atom. The molecule has 1 aliphatic rings. The number of amides is 2. The molecule has 0 saturated heterocycles. The number of aliphatic hydroxyl groups is 1. The summed E-state index contributed by atoms with van der Waals surface area (Å²) in [6.07, 6.45) is 1.97. The van der Waals surface area contributed by atoms with Crippen molar-refractivity contribution in [2.75, 3.05) is 11.9 Å². The highest BCUT2D eigenvalue weighted by atomic mass is 19.3. The van der Waals surface area contributed by atoms with Gasteiger partial charge >= 0.3 is 12.6 Å². The minimum atomic E-state index is -2.88. The van der Waals surface area contributed by atoms with Crippen LogP contribution in [0.5, 0.6) is 5.75 Å². The van der Waals surface area contributed by atoms with Crippen molar-refractivity contribution >= 4 is 11.7 Å². The molecular weight excluding hydrogens is 282 g/mol. The van der Waals surface area contributed by atoms with E-state index in [9.17, 15) is 18.7 Å². The van der Waals surface area contributed by atoms with Gasteiger partial charge in [-0.25, -0.2) is 4.79 Å². The summed E-state index contributed by atoms with van der Waals surface area (Å²) < 4.78 is 28.2. The zero-order valence-electron chi connectivity index (χ0n) is 11.6. The van der Waals surface area contributed by atoms with Gasteiger partial charge in [0.1, 0.15) is 5.75 Å². The van der Waals surface area contributed by atoms with Crippen LogP contribution in [-0.2, 0) is 0 Å². The Balaban J connectivity index is 1.90. The number of aliphatic hydroxyl groups excluding tert-OH is 1. The third-order valence-corrected chi connectivity index (χ3v) is 3.54. The van der Waals surface area contributed by atoms with Crippen molar-refractivity contribution in [1.29, 1.82) is 0 Å². The summed E-state index contributed by atoms with van der Waals surface area (Å²) in [6, 6.07) is 5.16. The van der Waals surface area contributed by atoms with Crippen LogP contribution in [-0.4, -0.2) is 29.9 Å². The average Bonchev–Trinajstić information content (AvgIpc) is 3.25. The molecule has 0 aliphatic heterocycles. The maximum Gasteiger partial charge on any atom is 0.387 e. The van der Waals surface area contributed by atoms with Crippen molar-refractivity contribution in [3.05, 3.63) is 24.3 Å². The van der Waals surface area contributed by atoms with Crippen LogP contribution < -0.4 is 15.4 Å². The van der Waals surface area contributed by atoms with Gasteiger partial charge < -0.3 is 20.5 Å². The van der Waals surface area contributed by atoms with Crippen molar-refractivity contribution < 1.29 is 23.4 Å². The van der Waals surface area contributed by atoms with Crippen LogP contribution in [0.3, 0.4) is 0 Å². The number of benzene rings is 1. The van der Waals surface area contributed by atoms with E-state index in [4.69, 9.17) is 0 Å². The van der Waals surface area contributed by atoms with Crippen LogP contribution in [0.4, 0.5) is 19.3 Å². The van der Waals surface area contributed by atoms with E-state index in [-0.39, 0.29) is 18.3 Å². The maximum absolute atomic E-state index is 12.0. The second kappa shape index (κ2) is 6.26. The molecule has 21 heavy (non-hydrogen) atoms. The lowest BCUT2D eigenvalue weighted by Gasteiger charge is -2.28. The Morgan fingerprint density at radius 2 is 2.05 bits per heavy atom. The van der Waals surface area contributed by atoms with Crippen molar-refractivity contribution in [3.8, 4) is 5.75 Å². The minimum absolute atomic E-state index is 0.0223. The number of urea groups is 1. The molecule has 1 aromatic rings. The van der Waals surface area contributed by atoms with Gasteiger partial charge in [-0.05, 0) is 49.9 Å². The molecule has 0 radical (unpaired) electrons. The molecule has 1 aliphatic carbocycles. The van der Waals surface area contributed by atoms with E-state index in [1.165, 1.54) is 24.3 Å². The third kappa shape index (κ3) is 4.29. The van der Waals surface area contributed by atoms with Crippen molar-refractivity contribution in [2.45, 2.75) is 31.9 Å². The SMILES string of the molecule is CC(CO)(NC(=O)Nc1ccc(OC(F)F)cc1)C1CC1. The molecule has 0 aromatic heterocycles. The van der Waals surface area contributed by atoms with Gasteiger partial charge in [0.15, 0.2) is 0 Å². The molecule has 0 spiro atoms. The average molecular weight is 300 g/mol. The van der Waals surface area contributed by atoms with Crippen LogP contribution in [0.25, 0.3) is 0 Å². The summed E-state index contributed by atoms with van der Waals surface area (Å²) in [5.41, 5.74) is -0.187. The highest BCUT2D eigenvalue weighted by Crippen LogP contribution is 2.39. The molecule has 5 nitrogen and oxygen atoms in total. The summed E-state index contributed by atoms with van der Waals surface area (Å²) in [4.78, 5) is 11.9. The number of anilines is 1. The molecule has 116 valence electrons. The van der Waals surface area contributed by atoms with Gasteiger partial charge in [0, 0.05) is 5.69 Å². The normalized spacial score (nSPS) is 17.2. The fourth-order valence-electron chi connectivity index (χ4n) is 2.13. The van der Waals surface area contributed by atoms with E-state index < -0.39 is 18.2 Å². The number of rotatable bonds is 6. The minimum Gasteiger partial charge on any atom is -0.435 e. The standard InChI is InChI=1S/C14H18F2N2O3/c1-14(8-19,9-2-3-9)18-13(20)17-10-4-6-11(7-5-10)21-12(15)16/h4-7,9,12,19H,2-3,8H2,1H3,(H2,17,18,20). The monoisotopic (exact) mass is 300 g/mol. The van der Waals surface area contributed by atoms with Crippen molar-refractivity contribution in [1.82, 2.24) is 5.32 Å². The number of hydrogen-bond acceptors (Lipinski definition) is 3. The molecule has 0 bridgehead atoms. The molecule has 1 saturated carbocycles. The third-order valence-electron chi connectivity index (χ3n) is 3.54. The molecule has 1 atom stereocenters. The van der Waals surface area contributed by atoms with Crippen LogP contribution in [0.15, 0.2) is 24.3 Å². The van der Waals surface area contributed by atoms with Gasteiger partial charge in [0.05, 0.1) is 12.1 Å².